The predicted molar refractivity (Wildman–Crippen MR) is 114 cm³/mol. The third kappa shape index (κ3) is 6.14. The molecule has 136 valence electrons. The zero-order valence-corrected chi connectivity index (χ0v) is 17.0. The Morgan fingerprint density at radius 3 is 2.42 bits per heavy atom. The molecular formula is C19H23IN6. The Morgan fingerprint density at radius 2 is 1.77 bits per heavy atom. The number of nitrogens with zero attached hydrogens (tertiary/aromatic N) is 4. The fraction of sp³-hybridized carbons (Fsp3) is 0.211. The van der Waals surface area contributed by atoms with Gasteiger partial charge in [-0.25, -0.2) is 4.98 Å². The van der Waals surface area contributed by atoms with Gasteiger partial charge in [-0.05, 0) is 23.3 Å². The lowest BCUT2D eigenvalue weighted by Gasteiger charge is -2.12. The van der Waals surface area contributed by atoms with Crippen LogP contribution in [0.2, 0.25) is 0 Å². The van der Waals surface area contributed by atoms with Crippen LogP contribution in [0.3, 0.4) is 0 Å². The van der Waals surface area contributed by atoms with Gasteiger partial charge < -0.3 is 15.2 Å². The van der Waals surface area contributed by atoms with Crippen LogP contribution in [0.5, 0.6) is 0 Å². The smallest absolute Gasteiger partial charge is 0.191 e. The van der Waals surface area contributed by atoms with Gasteiger partial charge in [0.25, 0.3) is 0 Å². The highest BCUT2D eigenvalue weighted by Crippen LogP contribution is 2.06. The molecule has 2 N–H and O–H groups in total. The molecule has 2 heterocycles. The number of aromatic nitrogens is 3. The molecule has 6 nitrogen and oxygen atoms in total. The Hall–Kier alpha value is -2.42. The Kier molecular flexibility index (Phi) is 8.07. The zero-order chi connectivity index (χ0) is 17.3. The molecule has 0 spiro atoms. The first kappa shape index (κ1) is 19.9. The van der Waals surface area contributed by atoms with E-state index in [0.717, 1.165) is 18.2 Å². The second kappa shape index (κ2) is 10.5. The van der Waals surface area contributed by atoms with Gasteiger partial charge in [-0.1, -0.05) is 30.3 Å². The van der Waals surface area contributed by atoms with Crippen LogP contribution >= 0.6 is 24.0 Å². The molecule has 26 heavy (non-hydrogen) atoms. The maximum Gasteiger partial charge on any atom is 0.191 e. The summed E-state index contributed by atoms with van der Waals surface area (Å²) >= 11 is 0. The van der Waals surface area contributed by atoms with Crippen LogP contribution in [0.15, 0.2) is 72.4 Å². The minimum absolute atomic E-state index is 0. The van der Waals surface area contributed by atoms with Crippen LogP contribution in [0.4, 0.5) is 0 Å². The summed E-state index contributed by atoms with van der Waals surface area (Å²) in [6, 6.07) is 14.4. The summed E-state index contributed by atoms with van der Waals surface area (Å²) in [6.45, 7) is 2.19. The molecule has 7 heteroatoms. The first-order valence-electron chi connectivity index (χ1n) is 8.21. The molecule has 3 rings (SSSR count). The summed E-state index contributed by atoms with van der Waals surface area (Å²) < 4.78 is 2.05. The van der Waals surface area contributed by atoms with E-state index >= 15 is 0 Å². The molecular weight excluding hydrogens is 439 g/mol. The predicted octanol–water partition coefficient (Wildman–Crippen LogP) is 2.81. The first-order valence-corrected chi connectivity index (χ1v) is 8.21. The van der Waals surface area contributed by atoms with Crippen LogP contribution in [0.1, 0.15) is 16.8 Å². The molecule has 0 bridgehead atoms. The normalized spacial score (nSPS) is 10.9. The molecule has 0 aliphatic rings. The van der Waals surface area contributed by atoms with E-state index in [1.165, 1.54) is 11.1 Å². The molecule has 3 aromatic rings. The molecule has 0 atom stereocenters. The van der Waals surface area contributed by atoms with E-state index in [-0.39, 0.29) is 24.0 Å². The number of guanidine groups is 1. The van der Waals surface area contributed by atoms with Gasteiger partial charge in [0.05, 0.1) is 18.6 Å². The SMILES string of the molecule is CN=C(NCc1ccc(Cn2ccnc2)cc1)NCc1ccccn1.I. The number of nitrogens with one attached hydrogen (secondary N) is 2. The molecule has 0 aliphatic heterocycles. The molecule has 1 aromatic carbocycles. The topological polar surface area (TPSA) is 67.1 Å². The van der Waals surface area contributed by atoms with Crippen molar-refractivity contribution in [3.8, 4) is 0 Å². The summed E-state index contributed by atoms with van der Waals surface area (Å²) in [6.07, 6.45) is 7.37. The zero-order valence-electron chi connectivity index (χ0n) is 14.7. The van der Waals surface area contributed by atoms with E-state index in [4.69, 9.17) is 0 Å². The van der Waals surface area contributed by atoms with Crippen LogP contribution < -0.4 is 10.6 Å². The molecule has 0 aliphatic carbocycles. The summed E-state index contributed by atoms with van der Waals surface area (Å²) in [4.78, 5) is 12.6. The number of rotatable bonds is 6. The van der Waals surface area contributed by atoms with Gasteiger partial charge in [0.15, 0.2) is 5.96 Å². The van der Waals surface area contributed by atoms with E-state index in [2.05, 4.69) is 54.4 Å². The van der Waals surface area contributed by atoms with Crippen molar-refractivity contribution in [1.82, 2.24) is 25.2 Å². The molecule has 0 radical (unpaired) electrons. The van der Waals surface area contributed by atoms with E-state index in [9.17, 15) is 0 Å². The van der Waals surface area contributed by atoms with Crippen LogP contribution in [-0.4, -0.2) is 27.5 Å². The molecule has 0 fully saturated rings. The largest absolute Gasteiger partial charge is 0.352 e. The molecule has 0 saturated carbocycles. The summed E-state index contributed by atoms with van der Waals surface area (Å²) in [5.74, 6) is 0.758. The van der Waals surface area contributed by atoms with Crippen molar-refractivity contribution in [3.05, 3.63) is 84.2 Å². The number of hydrogen-bond acceptors (Lipinski definition) is 3. The average molecular weight is 462 g/mol. The minimum atomic E-state index is 0. The van der Waals surface area contributed by atoms with Gasteiger partial charge in [-0.15, -0.1) is 24.0 Å². The quantitative estimate of drug-likeness (QED) is 0.336. The highest BCUT2D eigenvalue weighted by Gasteiger charge is 2.00. The van der Waals surface area contributed by atoms with Crippen molar-refractivity contribution in [2.75, 3.05) is 7.05 Å². The Morgan fingerprint density at radius 1 is 1.00 bits per heavy atom. The number of pyridine rings is 1. The lowest BCUT2D eigenvalue weighted by atomic mass is 10.1. The van der Waals surface area contributed by atoms with Gasteiger partial charge >= 0.3 is 0 Å². The number of halogens is 1. The number of benzene rings is 1. The van der Waals surface area contributed by atoms with Gasteiger partial charge in [-0.2, -0.15) is 0 Å². The molecule has 2 aromatic heterocycles. The van der Waals surface area contributed by atoms with Crippen molar-refractivity contribution in [3.63, 3.8) is 0 Å². The fourth-order valence-electron chi connectivity index (χ4n) is 2.44. The Balaban J connectivity index is 0.00000243. The maximum absolute atomic E-state index is 4.29. The lowest BCUT2D eigenvalue weighted by molar-refractivity contribution is 0.787. The van der Waals surface area contributed by atoms with Crippen molar-refractivity contribution in [2.45, 2.75) is 19.6 Å². The van der Waals surface area contributed by atoms with E-state index in [0.29, 0.717) is 13.1 Å². The second-order valence-corrected chi connectivity index (χ2v) is 5.65. The van der Waals surface area contributed by atoms with Crippen molar-refractivity contribution in [1.29, 1.82) is 0 Å². The Bertz CT molecular complexity index is 785. The Labute approximate surface area is 170 Å². The highest BCUT2D eigenvalue weighted by molar-refractivity contribution is 14.0. The standard InChI is InChI=1S/C19H22N6.HI/c1-20-19(24-13-18-4-2-3-9-22-18)23-12-16-5-7-17(8-6-16)14-25-11-10-21-15-25;/h2-11,15H,12-14H2,1H3,(H2,20,23,24);1H. The minimum Gasteiger partial charge on any atom is -0.352 e. The summed E-state index contributed by atoms with van der Waals surface area (Å²) in [5.41, 5.74) is 3.43. The van der Waals surface area contributed by atoms with E-state index < -0.39 is 0 Å². The third-order valence-electron chi connectivity index (χ3n) is 3.79. The van der Waals surface area contributed by atoms with Gasteiger partial charge in [-0.3, -0.25) is 9.98 Å². The fourth-order valence-corrected chi connectivity index (χ4v) is 2.44. The highest BCUT2D eigenvalue weighted by atomic mass is 127. The van der Waals surface area contributed by atoms with Gasteiger partial charge in [0.2, 0.25) is 0 Å². The third-order valence-corrected chi connectivity index (χ3v) is 3.79. The average Bonchev–Trinajstić information content (AvgIpc) is 3.17. The monoisotopic (exact) mass is 462 g/mol. The number of aliphatic imine (C=N–C) groups is 1. The number of hydrogen-bond donors (Lipinski definition) is 2. The summed E-state index contributed by atoms with van der Waals surface area (Å²) in [5, 5.41) is 6.58. The van der Waals surface area contributed by atoms with Crippen LogP contribution in [0, 0.1) is 0 Å². The molecule has 0 unspecified atom stereocenters. The van der Waals surface area contributed by atoms with Crippen molar-refractivity contribution < 1.29 is 0 Å². The molecule has 0 amide bonds. The number of imidazole rings is 1. The van der Waals surface area contributed by atoms with E-state index in [1.54, 1.807) is 19.4 Å². The first-order chi connectivity index (χ1) is 12.3. The van der Waals surface area contributed by atoms with Crippen LogP contribution in [0.25, 0.3) is 0 Å². The van der Waals surface area contributed by atoms with Crippen molar-refractivity contribution >= 4 is 29.9 Å². The second-order valence-electron chi connectivity index (χ2n) is 5.65. The van der Waals surface area contributed by atoms with Gasteiger partial charge in [0.1, 0.15) is 0 Å². The van der Waals surface area contributed by atoms with Crippen LogP contribution in [-0.2, 0) is 19.6 Å². The molecule has 0 saturated heterocycles. The van der Waals surface area contributed by atoms with Crippen molar-refractivity contribution in [2.24, 2.45) is 4.99 Å². The summed E-state index contributed by atoms with van der Waals surface area (Å²) in [7, 11) is 1.77. The lowest BCUT2D eigenvalue weighted by Crippen LogP contribution is -2.36. The maximum atomic E-state index is 4.29. The van der Waals surface area contributed by atoms with E-state index in [1.807, 2.05) is 30.7 Å². The van der Waals surface area contributed by atoms with Gasteiger partial charge in [0, 0.05) is 38.7 Å².